The quantitative estimate of drug-likeness (QED) is 0.546. The van der Waals surface area contributed by atoms with Crippen molar-refractivity contribution in [1.82, 2.24) is 15.2 Å². The molecule has 6 nitrogen and oxygen atoms in total. The van der Waals surface area contributed by atoms with Crippen molar-refractivity contribution in [1.29, 1.82) is 0 Å². The number of H-pyrrole nitrogens is 3. The van der Waals surface area contributed by atoms with Gasteiger partial charge in [0.25, 0.3) is 11.1 Å². The summed E-state index contributed by atoms with van der Waals surface area (Å²) < 4.78 is 0. The maximum Gasteiger partial charge on any atom is 0.287 e. The van der Waals surface area contributed by atoms with Gasteiger partial charge in [-0.15, -0.1) is 0 Å². The predicted octanol–water partition coefficient (Wildman–Crippen LogP) is 1.36. The summed E-state index contributed by atoms with van der Waals surface area (Å²) in [6, 6.07) is 2.86. The Kier molecular flexibility index (Phi) is 2.51. The zero-order chi connectivity index (χ0) is 13.7. The van der Waals surface area contributed by atoms with E-state index in [1.807, 2.05) is 0 Å². The van der Waals surface area contributed by atoms with Crippen LogP contribution in [0.1, 0.15) is 0 Å². The summed E-state index contributed by atoms with van der Waals surface area (Å²) in [6.45, 7) is 0. The van der Waals surface area contributed by atoms with E-state index in [1.54, 1.807) is 0 Å². The number of hydrogen-bond acceptors (Lipinski definition) is 3. The summed E-state index contributed by atoms with van der Waals surface area (Å²) in [5.41, 5.74) is -1.73. The first kappa shape index (κ1) is 12.0. The molecule has 1 aromatic carbocycles. The molecule has 0 amide bonds. The molecule has 3 N–H and O–H groups in total. The van der Waals surface area contributed by atoms with Crippen molar-refractivity contribution in [2.45, 2.75) is 0 Å². The first-order chi connectivity index (χ1) is 8.99. The molecule has 0 unspecified atom stereocenters. The van der Waals surface area contributed by atoms with E-state index in [0.717, 1.165) is 0 Å². The monoisotopic (exact) mass is 297 g/mol. The van der Waals surface area contributed by atoms with Crippen molar-refractivity contribution in [3.05, 3.63) is 53.1 Å². The number of pyridine rings is 1. The second-order valence-corrected chi connectivity index (χ2v) is 4.77. The number of benzene rings is 1. The topological polar surface area (TPSA) is 98.6 Å². The van der Waals surface area contributed by atoms with Crippen LogP contribution in [0, 0.1) is 0 Å². The zero-order valence-electron chi connectivity index (χ0n) is 9.14. The van der Waals surface area contributed by atoms with Gasteiger partial charge in [-0.25, -0.2) is 0 Å². The zero-order valence-corrected chi connectivity index (χ0v) is 10.6. The fourth-order valence-electron chi connectivity index (χ4n) is 1.96. The van der Waals surface area contributed by atoms with E-state index in [0.29, 0.717) is 10.5 Å². The Balaban J connectivity index is 2.77. The van der Waals surface area contributed by atoms with Gasteiger partial charge in [0.2, 0.25) is 5.43 Å². The molecule has 0 aliphatic carbocycles. The van der Waals surface area contributed by atoms with Crippen LogP contribution in [0.3, 0.4) is 0 Å². The summed E-state index contributed by atoms with van der Waals surface area (Å²) in [6.07, 6.45) is 0. The Morgan fingerprint density at radius 2 is 1.58 bits per heavy atom. The molecule has 0 saturated heterocycles. The van der Waals surface area contributed by atoms with Crippen molar-refractivity contribution in [2.75, 3.05) is 0 Å². The average molecular weight is 298 g/mol. The third-order valence-corrected chi connectivity index (χ3v) is 3.28. The Labute approximate surface area is 114 Å². The lowest BCUT2D eigenvalue weighted by Crippen LogP contribution is -2.25. The lowest BCUT2D eigenvalue weighted by molar-refractivity contribution is 0.970. The molecule has 0 radical (unpaired) electrons. The lowest BCUT2D eigenvalue weighted by Gasteiger charge is -2.03. The van der Waals surface area contributed by atoms with Crippen LogP contribution in [0.5, 0.6) is 0 Å². The van der Waals surface area contributed by atoms with Gasteiger partial charge in [0, 0.05) is 5.02 Å². The van der Waals surface area contributed by atoms with Crippen LogP contribution in [0.4, 0.5) is 0 Å². The van der Waals surface area contributed by atoms with Gasteiger partial charge in [-0.05, 0) is 12.1 Å². The van der Waals surface area contributed by atoms with Gasteiger partial charge in [0.1, 0.15) is 10.9 Å². The Hall–Kier alpha value is -2.05. The number of fused-ring (bicyclic) bond motifs is 2. The van der Waals surface area contributed by atoms with Gasteiger partial charge in [-0.3, -0.25) is 24.6 Å². The number of halogens is 2. The maximum absolute atomic E-state index is 12.3. The van der Waals surface area contributed by atoms with E-state index in [2.05, 4.69) is 15.2 Å². The van der Waals surface area contributed by atoms with Crippen LogP contribution < -0.4 is 16.5 Å². The summed E-state index contributed by atoms with van der Waals surface area (Å²) >= 11 is 11.8. The molecule has 8 heteroatoms. The first-order valence-electron chi connectivity index (χ1n) is 5.15. The van der Waals surface area contributed by atoms with E-state index in [9.17, 15) is 14.4 Å². The predicted molar refractivity (Wildman–Crippen MR) is 73.3 cm³/mol. The van der Waals surface area contributed by atoms with E-state index in [-0.39, 0.29) is 21.3 Å². The van der Waals surface area contributed by atoms with Crippen molar-refractivity contribution in [2.24, 2.45) is 0 Å². The van der Waals surface area contributed by atoms with Crippen LogP contribution >= 0.6 is 23.2 Å². The van der Waals surface area contributed by atoms with E-state index in [4.69, 9.17) is 23.2 Å². The van der Waals surface area contributed by atoms with Crippen molar-refractivity contribution in [3.63, 3.8) is 0 Å². The minimum atomic E-state index is -0.691. The van der Waals surface area contributed by atoms with Gasteiger partial charge < -0.3 is 4.98 Å². The Bertz CT molecular complexity index is 1000. The summed E-state index contributed by atoms with van der Waals surface area (Å²) in [5, 5.41) is 4.52. The molecule has 19 heavy (non-hydrogen) atoms. The first-order valence-corrected chi connectivity index (χ1v) is 5.90. The fourth-order valence-corrected chi connectivity index (χ4v) is 2.54. The molecule has 96 valence electrons. The second kappa shape index (κ2) is 3.97. The van der Waals surface area contributed by atoms with Crippen molar-refractivity contribution >= 4 is 45.0 Å². The Morgan fingerprint density at radius 1 is 0.895 bits per heavy atom. The minimum absolute atomic E-state index is 0.111. The summed E-state index contributed by atoms with van der Waals surface area (Å²) in [7, 11) is 0. The summed E-state index contributed by atoms with van der Waals surface area (Å²) in [4.78, 5) is 38.3. The molecule has 0 spiro atoms. The average Bonchev–Trinajstić information content (AvgIpc) is 2.32. The van der Waals surface area contributed by atoms with Crippen LogP contribution in [0.15, 0.2) is 26.5 Å². The van der Waals surface area contributed by atoms with Gasteiger partial charge in [-0.1, -0.05) is 23.2 Å². The number of nitrogens with one attached hydrogen (secondary N) is 3. The molecule has 0 saturated carbocycles. The van der Waals surface area contributed by atoms with Crippen LogP contribution in [-0.4, -0.2) is 15.2 Å². The van der Waals surface area contributed by atoms with Gasteiger partial charge in [-0.2, -0.15) is 0 Å². The molecule has 3 aromatic rings. The van der Waals surface area contributed by atoms with Crippen molar-refractivity contribution in [3.8, 4) is 0 Å². The number of aromatic amines is 3. The van der Waals surface area contributed by atoms with Crippen LogP contribution in [0.25, 0.3) is 21.8 Å². The standard InChI is InChI=1S/C11H5Cl2N3O3/c12-3-1-4(13)6-5(2-3)14-8-7(9(6)17)10(18)15-16-11(8)19/h1-2H,(H,14,17)(H,15,18)(H,16,19). The minimum Gasteiger partial charge on any atom is -0.350 e. The van der Waals surface area contributed by atoms with E-state index in [1.165, 1.54) is 12.1 Å². The summed E-state index contributed by atoms with van der Waals surface area (Å²) in [5.74, 6) is 0. The van der Waals surface area contributed by atoms with Gasteiger partial charge >= 0.3 is 0 Å². The second-order valence-electron chi connectivity index (χ2n) is 3.92. The normalized spacial score (nSPS) is 11.3. The molecular weight excluding hydrogens is 293 g/mol. The smallest absolute Gasteiger partial charge is 0.287 e. The lowest BCUT2D eigenvalue weighted by atomic mass is 10.1. The number of hydrogen-bond donors (Lipinski definition) is 3. The molecule has 0 atom stereocenters. The van der Waals surface area contributed by atoms with E-state index >= 15 is 0 Å². The molecule has 0 aliphatic rings. The van der Waals surface area contributed by atoms with Gasteiger partial charge in [0.15, 0.2) is 0 Å². The third kappa shape index (κ3) is 1.68. The SMILES string of the molecule is O=c1[nH][nH]c(=O)c2c(=O)c3c(Cl)cc(Cl)cc3[nH]c12. The molecular formula is C11H5Cl2N3O3. The third-order valence-electron chi connectivity index (χ3n) is 2.76. The van der Waals surface area contributed by atoms with Crippen LogP contribution in [0.2, 0.25) is 10.0 Å². The van der Waals surface area contributed by atoms with Gasteiger partial charge in [0.05, 0.1) is 15.9 Å². The highest BCUT2D eigenvalue weighted by molar-refractivity contribution is 6.38. The number of aromatic nitrogens is 3. The number of rotatable bonds is 0. The van der Waals surface area contributed by atoms with E-state index < -0.39 is 16.5 Å². The highest BCUT2D eigenvalue weighted by Crippen LogP contribution is 2.24. The van der Waals surface area contributed by atoms with Crippen molar-refractivity contribution < 1.29 is 0 Å². The highest BCUT2D eigenvalue weighted by Gasteiger charge is 2.14. The molecule has 0 fully saturated rings. The van der Waals surface area contributed by atoms with Crippen LogP contribution in [-0.2, 0) is 0 Å². The Morgan fingerprint density at radius 3 is 2.32 bits per heavy atom. The molecule has 0 bridgehead atoms. The largest absolute Gasteiger partial charge is 0.350 e. The molecule has 2 heterocycles. The molecule has 3 rings (SSSR count). The maximum atomic E-state index is 12.3. The fraction of sp³-hybridized carbons (Fsp3) is 0. The molecule has 0 aliphatic heterocycles. The molecule has 2 aromatic heterocycles. The highest BCUT2D eigenvalue weighted by atomic mass is 35.5.